The van der Waals surface area contributed by atoms with Crippen molar-refractivity contribution >= 4 is 11.8 Å². The molecule has 24 heavy (non-hydrogen) atoms. The molecule has 1 heterocycles. The number of aromatic nitrogens is 2. The van der Waals surface area contributed by atoms with Crippen molar-refractivity contribution in [3.8, 4) is 11.5 Å². The van der Waals surface area contributed by atoms with Gasteiger partial charge in [-0.3, -0.25) is 0 Å². The Balaban J connectivity index is 1.75. The van der Waals surface area contributed by atoms with Gasteiger partial charge >= 0.3 is 0 Å². The number of para-hydroxylation sites is 1. The lowest BCUT2D eigenvalue weighted by Gasteiger charge is -2.32. The van der Waals surface area contributed by atoms with Gasteiger partial charge in [0.05, 0.1) is 19.9 Å². The zero-order chi connectivity index (χ0) is 17.1. The van der Waals surface area contributed by atoms with Crippen LogP contribution in [0.15, 0.2) is 24.3 Å². The molecule has 0 amide bonds. The van der Waals surface area contributed by atoms with Crippen LogP contribution in [0.25, 0.3) is 0 Å². The van der Waals surface area contributed by atoms with Crippen LogP contribution < -0.4 is 26.3 Å². The molecule has 1 aliphatic carbocycles. The van der Waals surface area contributed by atoms with Crippen LogP contribution in [0.5, 0.6) is 11.5 Å². The summed E-state index contributed by atoms with van der Waals surface area (Å²) in [7, 11) is 3.25. The molecular weight excluding hydrogens is 306 g/mol. The second-order valence-corrected chi connectivity index (χ2v) is 5.97. The highest BCUT2D eigenvalue weighted by molar-refractivity contribution is 5.49. The number of benzene rings is 1. The number of hydrogen-bond donors (Lipinski definition) is 3. The Hall–Kier alpha value is -2.54. The lowest BCUT2D eigenvalue weighted by Crippen LogP contribution is -2.35. The summed E-state index contributed by atoms with van der Waals surface area (Å²) in [5.74, 6) is 2.75. The lowest BCUT2D eigenvalue weighted by atomic mass is 9.78. The normalized spacial score (nSPS) is 19.5. The molecule has 1 aromatic heterocycles. The van der Waals surface area contributed by atoms with E-state index in [1.165, 1.54) is 0 Å². The van der Waals surface area contributed by atoms with Crippen LogP contribution in [0.3, 0.4) is 0 Å². The van der Waals surface area contributed by atoms with Crippen molar-refractivity contribution in [3.63, 3.8) is 0 Å². The first-order valence-electron chi connectivity index (χ1n) is 7.94. The summed E-state index contributed by atoms with van der Waals surface area (Å²) in [6, 6.07) is 7.98. The summed E-state index contributed by atoms with van der Waals surface area (Å²) in [6.07, 6.45) is 1.89. The molecule has 2 aromatic rings. The number of hydrogen-bond acceptors (Lipinski definition) is 7. The van der Waals surface area contributed by atoms with Crippen molar-refractivity contribution in [2.24, 2.45) is 5.73 Å². The largest absolute Gasteiger partial charge is 0.493 e. The minimum Gasteiger partial charge on any atom is -0.493 e. The first-order valence-corrected chi connectivity index (χ1v) is 7.94. The van der Waals surface area contributed by atoms with Gasteiger partial charge in [0.2, 0.25) is 5.95 Å². The molecule has 0 saturated heterocycles. The summed E-state index contributed by atoms with van der Waals surface area (Å²) < 4.78 is 10.8. The van der Waals surface area contributed by atoms with Crippen molar-refractivity contribution in [3.05, 3.63) is 35.5 Å². The van der Waals surface area contributed by atoms with Gasteiger partial charge in [-0.1, -0.05) is 12.1 Å². The summed E-state index contributed by atoms with van der Waals surface area (Å²) in [4.78, 5) is 8.59. The third-order valence-corrected chi connectivity index (χ3v) is 4.30. The molecule has 128 valence electrons. The number of nitrogens with one attached hydrogen (secondary N) is 1. The molecule has 0 radical (unpaired) electrons. The fourth-order valence-corrected chi connectivity index (χ4v) is 2.97. The molecule has 3 rings (SSSR count). The number of nitrogens with two attached hydrogens (primary N) is 2. The molecule has 0 aliphatic heterocycles. The maximum Gasteiger partial charge on any atom is 0.222 e. The van der Waals surface area contributed by atoms with Crippen LogP contribution in [0.1, 0.15) is 30.0 Å². The SMILES string of the molecule is COc1cccc(CNc2cc(C3CC(N)C3)nc(N)n2)c1OC. The van der Waals surface area contributed by atoms with Gasteiger partial charge < -0.3 is 26.3 Å². The predicted molar refractivity (Wildman–Crippen MR) is 93.3 cm³/mol. The summed E-state index contributed by atoms with van der Waals surface area (Å²) in [5.41, 5.74) is 13.6. The average Bonchev–Trinajstić information content (AvgIpc) is 2.56. The number of nitrogen functional groups attached to an aromatic ring is 1. The zero-order valence-corrected chi connectivity index (χ0v) is 14.0. The number of methoxy groups -OCH3 is 2. The average molecular weight is 329 g/mol. The highest BCUT2D eigenvalue weighted by atomic mass is 16.5. The van der Waals surface area contributed by atoms with Gasteiger partial charge in [-0.2, -0.15) is 4.98 Å². The van der Waals surface area contributed by atoms with Crippen LogP contribution in [-0.4, -0.2) is 30.2 Å². The van der Waals surface area contributed by atoms with Crippen molar-refractivity contribution < 1.29 is 9.47 Å². The van der Waals surface area contributed by atoms with E-state index in [-0.39, 0.29) is 12.0 Å². The maximum absolute atomic E-state index is 5.86. The van der Waals surface area contributed by atoms with Crippen LogP contribution in [0.2, 0.25) is 0 Å². The first kappa shape index (κ1) is 16.3. The van der Waals surface area contributed by atoms with E-state index >= 15 is 0 Å². The Morgan fingerprint density at radius 1 is 1.21 bits per heavy atom. The molecule has 1 fully saturated rings. The van der Waals surface area contributed by atoms with Crippen molar-refractivity contribution in [2.45, 2.75) is 31.3 Å². The van der Waals surface area contributed by atoms with Gasteiger partial charge in [-0.15, -0.1) is 0 Å². The Labute approximate surface area is 141 Å². The molecule has 1 saturated carbocycles. The van der Waals surface area contributed by atoms with Crippen LogP contribution in [0, 0.1) is 0 Å². The van der Waals surface area contributed by atoms with E-state index in [1.807, 2.05) is 24.3 Å². The van der Waals surface area contributed by atoms with Gasteiger partial charge in [0.15, 0.2) is 11.5 Å². The Kier molecular flexibility index (Phi) is 4.71. The topological polar surface area (TPSA) is 108 Å². The van der Waals surface area contributed by atoms with Gasteiger partial charge in [-0.25, -0.2) is 4.98 Å². The highest BCUT2D eigenvalue weighted by Crippen LogP contribution is 2.36. The monoisotopic (exact) mass is 329 g/mol. The molecule has 0 bridgehead atoms. The number of rotatable bonds is 6. The lowest BCUT2D eigenvalue weighted by molar-refractivity contribution is 0.345. The minimum absolute atomic E-state index is 0.267. The standard InChI is InChI=1S/C17H23N5O2/c1-23-14-5-3-4-10(16(14)24-2)9-20-15-8-13(21-17(19)22-15)11-6-12(18)7-11/h3-5,8,11-12H,6-7,9,18H2,1-2H3,(H3,19,20,21,22). The van der Waals surface area contributed by atoms with Crippen LogP contribution in [-0.2, 0) is 6.54 Å². The smallest absolute Gasteiger partial charge is 0.222 e. The second-order valence-electron chi connectivity index (χ2n) is 5.97. The molecule has 7 heteroatoms. The van der Waals surface area contributed by atoms with Gasteiger partial charge in [0.25, 0.3) is 0 Å². The summed E-state index contributed by atoms with van der Waals surface area (Å²) >= 11 is 0. The van der Waals surface area contributed by atoms with E-state index < -0.39 is 0 Å². The van der Waals surface area contributed by atoms with Crippen molar-refractivity contribution in [1.82, 2.24) is 9.97 Å². The summed E-state index contributed by atoms with van der Waals surface area (Å²) in [5, 5.41) is 3.28. The number of ether oxygens (including phenoxy) is 2. The fraction of sp³-hybridized carbons (Fsp3) is 0.412. The summed E-state index contributed by atoms with van der Waals surface area (Å²) in [6.45, 7) is 0.542. The molecule has 1 aliphatic rings. The third kappa shape index (κ3) is 3.35. The number of nitrogens with zero attached hydrogens (tertiary/aromatic N) is 2. The highest BCUT2D eigenvalue weighted by Gasteiger charge is 2.29. The Bertz CT molecular complexity index is 716. The Morgan fingerprint density at radius 2 is 2.00 bits per heavy atom. The van der Waals surface area contributed by atoms with E-state index in [2.05, 4.69) is 15.3 Å². The molecule has 0 atom stereocenters. The van der Waals surface area contributed by atoms with Crippen molar-refractivity contribution in [2.75, 3.05) is 25.3 Å². The fourth-order valence-electron chi connectivity index (χ4n) is 2.97. The predicted octanol–water partition coefficient (Wildman–Crippen LogP) is 1.89. The van der Waals surface area contributed by atoms with Gasteiger partial charge in [0, 0.05) is 30.1 Å². The van der Waals surface area contributed by atoms with Crippen molar-refractivity contribution in [1.29, 1.82) is 0 Å². The van der Waals surface area contributed by atoms with Crippen LogP contribution >= 0.6 is 0 Å². The maximum atomic E-state index is 5.86. The van der Waals surface area contributed by atoms with Crippen LogP contribution in [0.4, 0.5) is 11.8 Å². The molecule has 7 nitrogen and oxygen atoms in total. The zero-order valence-electron chi connectivity index (χ0n) is 14.0. The molecular formula is C17H23N5O2. The van der Waals surface area contributed by atoms with E-state index in [4.69, 9.17) is 20.9 Å². The molecule has 0 spiro atoms. The molecule has 1 aromatic carbocycles. The first-order chi connectivity index (χ1) is 11.6. The minimum atomic E-state index is 0.267. The second kappa shape index (κ2) is 6.92. The quantitative estimate of drug-likeness (QED) is 0.742. The van der Waals surface area contributed by atoms with E-state index in [9.17, 15) is 0 Å². The Morgan fingerprint density at radius 3 is 2.67 bits per heavy atom. The third-order valence-electron chi connectivity index (χ3n) is 4.30. The molecule has 5 N–H and O–H groups in total. The molecule has 0 unspecified atom stereocenters. The van der Waals surface area contributed by atoms with Gasteiger partial charge in [-0.05, 0) is 18.9 Å². The van der Waals surface area contributed by atoms with E-state index in [1.54, 1.807) is 14.2 Å². The van der Waals surface area contributed by atoms with E-state index in [0.717, 1.165) is 24.1 Å². The number of anilines is 2. The van der Waals surface area contributed by atoms with Gasteiger partial charge in [0.1, 0.15) is 5.82 Å². The van der Waals surface area contributed by atoms with E-state index in [0.29, 0.717) is 29.8 Å².